The van der Waals surface area contributed by atoms with E-state index in [0.717, 1.165) is 0 Å². The Balaban J connectivity index is 3.25. The van der Waals surface area contributed by atoms with Gasteiger partial charge in [-0.3, -0.25) is 4.79 Å². The smallest absolute Gasteiger partial charge is 0.476 e. The zero-order chi connectivity index (χ0) is 6.57. The molecule has 0 amide bonds. The second-order valence-corrected chi connectivity index (χ2v) is 2.06. The second-order valence-electron chi connectivity index (χ2n) is 1.17. The standard InChI is InChI=1S/C3H8O4Si/c1-2-3(4)7-8(5)6/h5-6,8H,2H2,1H3. The molecule has 0 fully saturated rings. The summed E-state index contributed by atoms with van der Waals surface area (Å²) in [4.78, 5) is 26.3. The minimum atomic E-state index is -3.10. The van der Waals surface area contributed by atoms with Gasteiger partial charge in [0, 0.05) is 6.42 Å². The average Bonchev–Trinajstić information content (AvgIpc) is 1.65. The van der Waals surface area contributed by atoms with E-state index >= 15 is 0 Å². The highest BCUT2D eigenvalue weighted by atomic mass is 28.3. The fraction of sp³-hybridized carbons (Fsp3) is 0.667. The normalized spacial score (nSPS) is 9.50. The topological polar surface area (TPSA) is 66.8 Å². The monoisotopic (exact) mass is 136 g/mol. The number of rotatable bonds is 2. The maximum Gasteiger partial charge on any atom is 0.545 e. The number of hydrogen-bond acceptors (Lipinski definition) is 4. The van der Waals surface area contributed by atoms with E-state index in [2.05, 4.69) is 4.43 Å². The fourth-order valence-corrected chi connectivity index (χ4v) is 0.603. The predicted molar refractivity (Wildman–Crippen MR) is 28.0 cm³/mol. The Bertz CT molecular complexity index is 81.4. The largest absolute Gasteiger partial charge is 0.545 e. The molecular formula is C3H8O4Si. The van der Waals surface area contributed by atoms with Crippen LogP contribution < -0.4 is 0 Å². The molecule has 0 aliphatic carbocycles. The first kappa shape index (κ1) is 7.61. The molecule has 0 atom stereocenters. The van der Waals surface area contributed by atoms with E-state index in [0.29, 0.717) is 0 Å². The summed E-state index contributed by atoms with van der Waals surface area (Å²) in [7, 11) is -3.10. The molecule has 0 saturated heterocycles. The van der Waals surface area contributed by atoms with Crippen molar-refractivity contribution in [2.75, 3.05) is 0 Å². The van der Waals surface area contributed by atoms with Gasteiger partial charge in [-0.05, 0) is 0 Å². The van der Waals surface area contributed by atoms with Crippen molar-refractivity contribution in [3.05, 3.63) is 0 Å². The van der Waals surface area contributed by atoms with Gasteiger partial charge in [0.2, 0.25) is 0 Å². The molecule has 0 bridgehead atoms. The zero-order valence-corrected chi connectivity index (χ0v) is 5.65. The van der Waals surface area contributed by atoms with Gasteiger partial charge >= 0.3 is 9.53 Å². The second kappa shape index (κ2) is 3.59. The van der Waals surface area contributed by atoms with Gasteiger partial charge in [-0.2, -0.15) is 0 Å². The Morgan fingerprint density at radius 2 is 2.25 bits per heavy atom. The Morgan fingerprint density at radius 3 is 2.38 bits per heavy atom. The highest BCUT2D eigenvalue weighted by Crippen LogP contribution is 1.82. The van der Waals surface area contributed by atoms with Gasteiger partial charge in [0.25, 0.3) is 5.97 Å². The van der Waals surface area contributed by atoms with Crippen molar-refractivity contribution >= 4 is 15.5 Å². The van der Waals surface area contributed by atoms with Gasteiger partial charge in [0.1, 0.15) is 0 Å². The molecule has 0 aromatic heterocycles. The molecule has 0 aromatic rings. The lowest BCUT2D eigenvalue weighted by atomic mass is 10.5. The van der Waals surface area contributed by atoms with Crippen molar-refractivity contribution < 1.29 is 18.8 Å². The van der Waals surface area contributed by atoms with Gasteiger partial charge in [0.05, 0.1) is 0 Å². The molecular weight excluding hydrogens is 128 g/mol. The minimum absolute atomic E-state index is 0.185. The van der Waals surface area contributed by atoms with E-state index in [1.54, 1.807) is 6.92 Å². The molecule has 5 heteroatoms. The first-order chi connectivity index (χ1) is 3.66. The summed E-state index contributed by atoms with van der Waals surface area (Å²) >= 11 is 0. The van der Waals surface area contributed by atoms with Crippen LogP contribution in [-0.2, 0) is 9.22 Å². The van der Waals surface area contributed by atoms with Crippen molar-refractivity contribution in [1.29, 1.82) is 0 Å². The van der Waals surface area contributed by atoms with Crippen LogP contribution in [0.1, 0.15) is 13.3 Å². The third-order valence-corrected chi connectivity index (χ3v) is 0.999. The summed E-state index contributed by atoms with van der Waals surface area (Å²) in [6.45, 7) is 1.58. The lowest BCUT2D eigenvalue weighted by molar-refractivity contribution is -0.136. The lowest BCUT2D eigenvalue weighted by Gasteiger charge is -1.99. The van der Waals surface area contributed by atoms with Crippen molar-refractivity contribution in [3.8, 4) is 0 Å². The van der Waals surface area contributed by atoms with Gasteiger partial charge in [-0.1, -0.05) is 6.92 Å². The summed E-state index contributed by atoms with van der Waals surface area (Å²) in [6, 6.07) is 0. The van der Waals surface area contributed by atoms with Crippen LogP contribution in [0.5, 0.6) is 0 Å². The molecule has 48 valence electrons. The summed E-state index contributed by atoms with van der Waals surface area (Å²) in [5.74, 6) is -0.563. The van der Waals surface area contributed by atoms with Crippen LogP contribution in [0.3, 0.4) is 0 Å². The van der Waals surface area contributed by atoms with Crippen LogP contribution in [0.25, 0.3) is 0 Å². The predicted octanol–water partition coefficient (Wildman–Crippen LogP) is -1.36. The summed E-state index contributed by atoms with van der Waals surface area (Å²) < 4.78 is 4.01. The van der Waals surface area contributed by atoms with E-state index in [4.69, 9.17) is 9.59 Å². The van der Waals surface area contributed by atoms with Gasteiger partial charge in [-0.15, -0.1) is 0 Å². The maximum atomic E-state index is 10.1. The van der Waals surface area contributed by atoms with E-state index in [1.165, 1.54) is 0 Å². The first-order valence-corrected chi connectivity index (χ1v) is 3.73. The third kappa shape index (κ3) is 3.79. The quantitative estimate of drug-likeness (QED) is 0.460. The molecule has 4 nitrogen and oxygen atoms in total. The van der Waals surface area contributed by atoms with Crippen LogP contribution in [0, 0.1) is 0 Å². The molecule has 0 saturated carbocycles. The average molecular weight is 136 g/mol. The molecule has 0 aromatic carbocycles. The lowest BCUT2D eigenvalue weighted by Crippen LogP contribution is -2.20. The first-order valence-electron chi connectivity index (χ1n) is 2.22. The van der Waals surface area contributed by atoms with Gasteiger partial charge in [0.15, 0.2) is 0 Å². The van der Waals surface area contributed by atoms with E-state index < -0.39 is 15.5 Å². The Kier molecular flexibility index (Phi) is 3.41. The van der Waals surface area contributed by atoms with Gasteiger partial charge < -0.3 is 14.0 Å². The highest BCUT2D eigenvalue weighted by molar-refractivity contribution is 6.35. The summed E-state index contributed by atoms with van der Waals surface area (Å²) in [5, 5.41) is 0. The number of carbonyl (C=O) groups excluding carboxylic acids is 1. The van der Waals surface area contributed by atoms with Crippen LogP contribution in [0.4, 0.5) is 0 Å². The van der Waals surface area contributed by atoms with Crippen LogP contribution in [0.15, 0.2) is 0 Å². The zero-order valence-electron chi connectivity index (χ0n) is 4.50. The van der Waals surface area contributed by atoms with E-state index in [-0.39, 0.29) is 6.42 Å². The molecule has 2 N–H and O–H groups in total. The highest BCUT2D eigenvalue weighted by Gasteiger charge is 2.07. The van der Waals surface area contributed by atoms with Crippen molar-refractivity contribution in [1.82, 2.24) is 0 Å². The summed E-state index contributed by atoms with van der Waals surface area (Å²) in [5.41, 5.74) is 0. The van der Waals surface area contributed by atoms with Crippen molar-refractivity contribution in [2.24, 2.45) is 0 Å². The molecule has 0 rings (SSSR count). The fourth-order valence-electron chi connectivity index (χ4n) is 0.201. The van der Waals surface area contributed by atoms with Crippen LogP contribution in [-0.4, -0.2) is 25.1 Å². The molecule has 0 aliphatic rings. The SMILES string of the molecule is CCC(=O)O[SiH](O)O. The molecule has 0 unspecified atom stereocenters. The third-order valence-electron chi connectivity index (χ3n) is 0.526. The Morgan fingerprint density at radius 1 is 1.75 bits per heavy atom. The molecule has 0 aliphatic heterocycles. The van der Waals surface area contributed by atoms with E-state index in [9.17, 15) is 4.79 Å². The summed E-state index contributed by atoms with van der Waals surface area (Å²) in [6.07, 6.45) is 0.185. The van der Waals surface area contributed by atoms with Crippen LogP contribution in [0.2, 0.25) is 0 Å². The Hall–Kier alpha value is -0.393. The minimum Gasteiger partial charge on any atom is -0.476 e. The number of hydrogen-bond donors (Lipinski definition) is 2. The number of carbonyl (C=O) groups is 1. The van der Waals surface area contributed by atoms with E-state index in [1.807, 2.05) is 0 Å². The van der Waals surface area contributed by atoms with Crippen molar-refractivity contribution in [3.63, 3.8) is 0 Å². The molecule has 0 radical (unpaired) electrons. The molecule has 8 heavy (non-hydrogen) atoms. The maximum absolute atomic E-state index is 10.1. The Labute approximate surface area is 48.7 Å². The van der Waals surface area contributed by atoms with Gasteiger partial charge in [-0.25, -0.2) is 0 Å². The van der Waals surface area contributed by atoms with Crippen LogP contribution >= 0.6 is 0 Å². The molecule has 0 heterocycles. The van der Waals surface area contributed by atoms with Crippen molar-refractivity contribution in [2.45, 2.75) is 13.3 Å². The molecule has 0 spiro atoms.